The molecule has 2 aromatic heterocycles. The zero-order valence-electron chi connectivity index (χ0n) is 11.3. The van der Waals surface area contributed by atoms with Gasteiger partial charge in [-0.1, -0.05) is 6.07 Å². The van der Waals surface area contributed by atoms with Crippen molar-refractivity contribution in [3.8, 4) is 10.4 Å². The van der Waals surface area contributed by atoms with E-state index in [9.17, 15) is 0 Å². The molecule has 0 bridgehead atoms. The van der Waals surface area contributed by atoms with Gasteiger partial charge in [0.05, 0.1) is 16.9 Å². The van der Waals surface area contributed by atoms with Crippen molar-refractivity contribution >= 4 is 17.2 Å². The van der Waals surface area contributed by atoms with Crippen molar-refractivity contribution in [2.45, 2.75) is 31.3 Å². The van der Waals surface area contributed by atoms with Gasteiger partial charge < -0.3 is 10.5 Å². The minimum atomic E-state index is -0.0210. The van der Waals surface area contributed by atoms with Crippen LogP contribution in [0.3, 0.4) is 0 Å². The quantitative estimate of drug-likeness (QED) is 0.935. The molecule has 4 nitrogen and oxygen atoms in total. The molecule has 102 valence electrons. The Kier molecular flexibility index (Phi) is 3.11. The second kappa shape index (κ2) is 4.65. The Hall–Kier alpha value is -1.33. The molecule has 0 aliphatic heterocycles. The van der Waals surface area contributed by atoms with Gasteiger partial charge in [0.2, 0.25) is 0 Å². The van der Waals surface area contributed by atoms with Crippen LogP contribution in [0.2, 0.25) is 0 Å². The summed E-state index contributed by atoms with van der Waals surface area (Å²) in [6.07, 6.45) is 4.32. The Morgan fingerprint density at radius 3 is 2.84 bits per heavy atom. The molecule has 0 radical (unpaired) electrons. The minimum absolute atomic E-state index is 0.0210. The summed E-state index contributed by atoms with van der Waals surface area (Å²) in [5.41, 5.74) is 8.30. The van der Waals surface area contributed by atoms with Crippen molar-refractivity contribution in [3.63, 3.8) is 0 Å². The Balaban J connectivity index is 2.00. The molecular weight excluding hydrogens is 258 g/mol. The van der Waals surface area contributed by atoms with Crippen molar-refractivity contribution in [2.75, 3.05) is 12.8 Å². The maximum absolute atomic E-state index is 6.18. The van der Waals surface area contributed by atoms with E-state index >= 15 is 0 Å². The van der Waals surface area contributed by atoms with Crippen LogP contribution in [-0.2, 0) is 18.2 Å². The number of aromatic nitrogens is 2. The number of rotatable bonds is 4. The molecule has 3 rings (SSSR count). The number of hydrogen-bond acceptors (Lipinski definition) is 4. The van der Waals surface area contributed by atoms with Crippen LogP contribution in [0.4, 0.5) is 5.82 Å². The van der Waals surface area contributed by atoms with Crippen molar-refractivity contribution < 1.29 is 4.74 Å². The Bertz CT molecular complexity index is 564. The molecule has 0 saturated heterocycles. The molecule has 2 aromatic rings. The second-order valence-electron chi connectivity index (χ2n) is 5.23. The molecule has 0 aromatic carbocycles. The third-order valence-electron chi connectivity index (χ3n) is 4.12. The lowest BCUT2D eigenvalue weighted by atomic mass is 9.76. The normalized spacial score (nSPS) is 17.4. The smallest absolute Gasteiger partial charge is 0.130 e. The first-order valence-corrected chi connectivity index (χ1v) is 7.43. The average Bonchev–Trinajstić information content (AvgIpc) is 2.94. The molecule has 0 atom stereocenters. The van der Waals surface area contributed by atoms with Gasteiger partial charge in [-0.15, -0.1) is 11.3 Å². The molecule has 19 heavy (non-hydrogen) atoms. The number of nitrogen functional groups attached to an aromatic ring is 1. The van der Waals surface area contributed by atoms with E-state index in [1.165, 1.54) is 11.3 Å². The van der Waals surface area contributed by atoms with E-state index in [0.717, 1.165) is 36.3 Å². The fraction of sp³-hybridized carbons (Fsp3) is 0.500. The second-order valence-corrected chi connectivity index (χ2v) is 6.17. The highest BCUT2D eigenvalue weighted by Gasteiger charge is 2.39. The first kappa shape index (κ1) is 12.7. The van der Waals surface area contributed by atoms with Gasteiger partial charge in [-0.25, -0.2) is 0 Å². The molecular formula is C14H19N3OS. The van der Waals surface area contributed by atoms with E-state index in [1.807, 2.05) is 13.1 Å². The lowest BCUT2D eigenvalue weighted by molar-refractivity contribution is -0.0714. The van der Waals surface area contributed by atoms with Gasteiger partial charge in [0.25, 0.3) is 0 Å². The maximum Gasteiger partial charge on any atom is 0.130 e. The van der Waals surface area contributed by atoms with Gasteiger partial charge in [-0.2, -0.15) is 5.10 Å². The van der Waals surface area contributed by atoms with Gasteiger partial charge in [0.15, 0.2) is 0 Å². The van der Waals surface area contributed by atoms with Crippen LogP contribution in [0.25, 0.3) is 10.4 Å². The molecule has 1 saturated carbocycles. The summed E-state index contributed by atoms with van der Waals surface area (Å²) in [6.45, 7) is 0. The zero-order valence-corrected chi connectivity index (χ0v) is 12.2. The van der Waals surface area contributed by atoms with Crippen LogP contribution >= 0.6 is 11.3 Å². The lowest BCUT2D eigenvalue weighted by Crippen LogP contribution is -2.41. The molecule has 1 fully saturated rings. The largest absolute Gasteiger partial charge is 0.383 e. The summed E-state index contributed by atoms with van der Waals surface area (Å²) < 4.78 is 7.48. The standard InChI is InChI=1S/C14H19N3OS/c1-17-13(15)12(11-5-3-8-19-11)10(16-17)9-14(18-2)6-4-7-14/h3,5,8H,4,6-7,9,15H2,1-2H3. The molecule has 0 spiro atoms. The summed E-state index contributed by atoms with van der Waals surface area (Å²) in [6, 6.07) is 4.15. The predicted octanol–water partition coefficient (Wildman–Crippen LogP) is 2.84. The summed E-state index contributed by atoms with van der Waals surface area (Å²) in [4.78, 5) is 1.19. The maximum atomic E-state index is 6.18. The van der Waals surface area contributed by atoms with E-state index in [4.69, 9.17) is 10.5 Å². The van der Waals surface area contributed by atoms with E-state index in [2.05, 4.69) is 16.5 Å². The third-order valence-corrected chi connectivity index (χ3v) is 5.01. The molecule has 1 aliphatic rings. The highest BCUT2D eigenvalue weighted by molar-refractivity contribution is 7.13. The van der Waals surface area contributed by atoms with Crippen LogP contribution in [0, 0.1) is 0 Å². The Morgan fingerprint density at radius 2 is 2.32 bits per heavy atom. The number of anilines is 1. The molecule has 2 heterocycles. The predicted molar refractivity (Wildman–Crippen MR) is 78.2 cm³/mol. The lowest BCUT2D eigenvalue weighted by Gasteiger charge is -2.40. The van der Waals surface area contributed by atoms with E-state index in [1.54, 1.807) is 23.1 Å². The van der Waals surface area contributed by atoms with Gasteiger partial charge in [-0.05, 0) is 30.7 Å². The molecule has 0 amide bonds. The topological polar surface area (TPSA) is 53.1 Å². The number of nitrogens with zero attached hydrogens (tertiary/aromatic N) is 2. The highest BCUT2D eigenvalue weighted by Crippen LogP contribution is 2.41. The van der Waals surface area contributed by atoms with Gasteiger partial charge in [0, 0.05) is 25.5 Å². The fourth-order valence-corrected chi connectivity index (χ4v) is 3.54. The van der Waals surface area contributed by atoms with Crippen molar-refractivity contribution in [1.82, 2.24) is 9.78 Å². The number of ether oxygens (including phenoxy) is 1. The summed E-state index contributed by atoms with van der Waals surface area (Å²) in [5.74, 6) is 0.739. The average molecular weight is 277 g/mol. The van der Waals surface area contributed by atoms with Crippen LogP contribution in [0.1, 0.15) is 25.0 Å². The highest BCUT2D eigenvalue weighted by atomic mass is 32.1. The zero-order chi connectivity index (χ0) is 13.5. The van der Waals surface area contributed by atoms with E-state index in [0.29, 0.717) is 0 Å². The van der Waals surface area contributed by atoms with Crippen LogP contribution in [-0.4, -0.2) is 22.5 Å². The van der Waals surface area contributed by atoms with Gasteiger partial charge in [0.1, 0.15) is 5.82 Å². The van der Waals surface area contributed by atoms with Crippen LogP contribution in [0.5, 0.6) is 0 Å². The molecule has 5 heteroatoms. The number of thiophene rings is 1. The Morgan fingerprint density at radius 1 is 1.53 bits per heavy atom. The van der Waals surface area contributed by atoms with Crippen LogP contribution < -0.4 is 5.73 Å². The van der Waals surface area contributed by atoms with Gasteiger partial charge >= 0.3 is 0 Å². The number of aryl methyl sites for hydroxylation is 1. The molecule has 0 unspecified atom stereocenters. The first-order chi connectivity index (χ1) is 9.15. The minimum Gasteiger partial charge on any atom is -0.383 e. The van der Waals surface area contributed by atoms with E-state index in [-0.39, 0.29) is 5.60 Å². The first-order valence-electron chi connectivity index (χ1n) is 6.55. The Labute approximate surface area is 117 Å². The van der Waals surface area contributed by atoms with Crippen molar-refractivity contribution in [1.29, 1.82) is 0 Å². The summed E-state index contributed by atoms with van der Waals surface area (Å²) in [7, 11) is 3.70. The SMILES string of the molecule is COC1(Cc2nn(C)c(N)c2-c2cccs2)CCC1. The summed E-state index contributed by atoms with van der Waals surface area (Å²) >= 11 is 1.70. The number of methoxy groups -OCH3 is 1. The number of hydrogen-bond donors (Lipinski definition) is 1. The molecule has 1 aliphatic carbocycles. The van der Waals surface area contributed by atoms with Crippen molar-refractivity contribution in [2.24, 2.45) is 7.05 Å². The van der Waals surface area contributed by atoms with Gasteiger partial charge in [-0.3, -0.25) is 4.68 Å². The molecule has 2 N–H and O–H groups in total. The number of nitrogens with two attached hydrogens (primary N) is 1. The summed E-state index contributed by atoms with van der Waals surface area (Å²) in [5, 5.41) is 6.67. The van der Waals surface area contributed by atoms with E-state index < -0.39 is 0 Å². The van der Waals surface area contributed by atoms with Crippen molar-refractivity contribution in [3.05, 3.63) is 23.2 Å². The van der Waals surface area contributed by atoms with Crippen LogP contribution in [0.15, 0.2) is 17.5 Å². The fourth-order valence-electron chi connectivity index (χ4n) is 2.74. The third kappa shape index (κ3) is 2.07. The monoisotopic (exact) mass is 277 g/mol.